The Labute approximate surface area is 186 Å². The monoisotopic (exact) mass is 467 g/mol. The number of aliphatic hydroxyl groups excluding tert-OH is 2. The van der Waals surface area contributed by atoms with Crippen molar-refractivity contribution in [3.63, 3.8) is 0 Å². The van der Waals surface area contributed by atoms with Gasteiger partial charge >= 0.3 is 0 Å². The third kappa shape index (κ3) is 4.48. The molecule has 2 aliphatic carbocycles. The van der Waals surface area contributed by atoms with Crippen molar-refractivity contribution in [3.05, 3.63) is 33.2 Å². The largest absolute Gasteiger partial charge is 0.396 e. The maximum absolute atomic E-state index is 13.3. The lowest BCUT2D eigenvalue weighted by atomic mass is 10.1. The van der Waals surface area contributed by atoms with Crippen molar-refractivity contribution in [3.8, 4) is 0 Å². The van der Waals surface area contributed by atoms with Gasteiger partial charge in [-0.25, -0.2) is 14.3 Å². The van der Waals surface area contributed by atoms with Crippen LogP contribution in [0.5, 0.6) is 0 Å². The normalized spacial score (nSPS) is 18.4. The van der Waals surface area contributed by atoms with E-state index in [9.17, 15) is 19.5 Å². The topological polar surface area (TPSA) is 154 Å². The van der Waals surface area contributed by atoms with E-state index in [0.717, 1.165) is 78.1 Å². The molecule has 0 saturated heterocycles. The van der Waals surface area contributed by atoms with E-state index in [1.54, 1.807) is 13.8 Å². The van der Waals surface area contributed by atoms with Crippen LogP contribution >= 0.6 is 11.3 Å². The molecular formula is C20H29N5O4S2. The summed E-state index contributed by atoms with van der Waals surface area (Å²) in [5.41, 5.74) is 4.23. The molecule has 0 aromatic carbocycles. The first-order valence-corrected chi connectivity index (χ1v) is 12.8. The molecule has 0 bridgehead atoms. The molecule has 2 heterocycles. The summed E-state index contributed by atoms with van der Waals surface area (Å²) < 4.78 is 17.5. The molecule has 0 amide bonds. The zero-order chi connectivity index (χ0) is 22.4. The number of fused-ring (bicyclic) bond motifs is 2. The number of nitrogens with zero attached hydrogens (tertiary/aromatic N) is 3. The average Bonchev–Trinajstić information content (AvgIpc) is 3.39. The highest BCUT2D eigenvalue weighted by Gasteiger charge is 2.29. The third-order valence-corrected chi connectivity index (χ3v) is 9.03. The van der Waals surface area contributed by atoms with Gasteiger partial charge in [0.1, 0.15) is 24.7 Å². The summed E-state index contributed by atoms with van der Waals surface area (Å²) in [4.78, 5) is 9.10. The summed E-state index contributed by atoms with van der Waals surface area (Å²) in [7, 11) is -3.52. The molecule has 0 radical (unpaired) electrons. The highest BCUT2D eigenvalue weighted by Crippen LogP contribution is 2.37. The van der Waals surface area contributed by atoms with Crippen LogP contribution in [0.2, 0.25) is 0 Å². The van der Waals surface area contributed by atoms with Gasteiger partial charge in [-0.05, 0) is 63.5 Å². The van der Waals surface area contributed by atoms with Crippen molar-refractivity contribution in [1.29, 1.82) is 0 Å². The summed E-state index contributed by atoms with van der Waals surface area (Å²) >= 11 is 0.987. The molecule has 0 fully saturated rings. The first kappa shape index (κ1) is 22.6. The van der Waals surface area contributed by atoms with Crippen molar-refractivity contribution < 1.29 is 19.5 Å². The van der Waals surface area contributed by atoms with Crippen molar-refractivity contribution in [2.45, 2.75) is 75.0 Å². The van der Waals surface area contributed by atoms with Crippen LogP contribution in [-0.2, 0) is 47.6 Å². The fourth-order valence-electron chi connectivity index (χ4n) is 4.20. The molecule has 9 nitrogen and oxygen atoms in total. The second kappa shape index (κ2) is 8.38. The van der Waals surface area contributed by atoms with Gasteiger partial charge in [-0.1, -0.05) is 0 Å². The van der Waals surface area contributed by atoms with Gasteiger partial charge in [-0.2, -0.15) is 4.36 Å². The molecule has 170 valence electrons. The predicted octanol–water partition coefficient (Wildman–Crippen LogP) is 1.37. The van der Waals surface area contributed by atoms with Gasteiger partial charge in [0.05, 0.1) is 5.69 Å². The lowest BCUT2D eigenvalue weighted by Crippen LogP contribution is -2.24. The van der Waals surface area contributed by atoms with E-state index < -0.39 is 21.9 Å². The number of aliphatic hydroxyl groups is 3. The van der Waals surface area contributed by atoms with Crippen LogP contribution in [0.3, 0.4) is 0 Å². The Morgan fingerprint density at radius 1 is 1.19 bits per heavy atom. The van der Waals surface area contributed by atoms with Gasteiger partial charge in [0.25, 0.3) is 0 Å². The molecule has 2 atom stereocenters. The molecule has 0 spiro atoms. The number of nitrogens with two attached hydrogens (primary N) is 1. The Morgan fingerprint density at radius 3 is 2.35 bits per heavy atom. The molecule has 2 aliphatic rings. The highest BCUT2D eigenvalue weighted by molar-refractivity contribution is 7.93. The van der Waals surface area contributed by atoms with E-state index in [2.05, 4.69) is 14.7 Å². The SMILES string of the molecule is CC(C)(O)c1nc(CCO)c(S(N)(=O)=NC(O)Nc2c3c(nc4c2CCC4)CCC3)s1. The lowest BCUT2D eigenvalue weighted by molar-refractivity contribution is 0.0780. The van der Waals surface area contributed by atoms with Crippen LogP contribution in [0, 0.1) is 0 Å². The number of anilines is 1. The summed E-state index contributed by atoms with van der Waals surface area (Å²) in [5.74, 6) is 0. The van der Waals surface area contributed by atoms with E-state index in [1.807, 2.05) is 0 Å². The molecule has 4 rings (SSSR count). The number of aromatic nitrogens is 2. The van der Waals surface area contributed by atoms with Crippen molar-refractivity contribution in [2.24, 2.45) is 9.50 Å². The minimum absolute atomic E-state index is 0.126. The lowest BCUT2D eigenvalue weighted by Gasteiger charge is -2.18. The van der Waals surface area contributed by atoms with Crippen LogP contribution in [0.4, 0.5) is 5.69 Å². The zero-order valence-corrected chi connectivity index (χ0v) is 19.4. The Balaban J connectivity index is 1.68. The van der Waals surface area contributed by atoms with Crippen molar-refractivity contribution in [2.75, 3.05) is 11.9 Å². The third-order valence-electron chi connectivity index (χ3n) is 5.58. The van der Waals surface area contributed by atoms with Crippen LogP contribution in [0.25, 0.3) is 0 Å². The maximum Gasteiger partial charge on any atom is 0.233 e. The number of thiazole rings is 1. The molecule has 0 aliphatic heterocycles. The fourth-order valence-corrected chi connectivity index (χ4v) is 6.82. The molecule has 0 saturated carbocycles. The minimum atomic E-state index is -3.52. The molecule has 31 heavy (non-hydrogen) atoms. The highest BCUT2D eigenvalue weighted by atomic mass is 32.2. The molecular weight excluding hydrogens is 438 g/mol. The number of pyridine rings is 1. The van der Waals surface area contributed by atoms with E-state index in [-0.39, 0.29) is 17.2 Å². The Hall–Kier alpha value is -1.63. The molecule has 2 unspecified atom stereocenters. The van der Waals surface area contributed by atoms with Crippen molar-refractivity contribution >= 4 is 26.9 Å². The minimum Gasteiger partial charge on any atom is -0.396 e. The molecule has 6 N–H and O–H groups in total. The Morgan fingerprint density at radius 2 is 1.81 bits per heavy atom. The van der Waals surface area contributed by atoms with Gasteiger partial charge in [0.15, 0.2) is 0 Å². The Bertz CT molecular complexity index is 1080. The maximum atomic E-state index is 13.3. The van der Waals surface area contributed by atoms with Gasteiger partial charge in [-0.15, -0.1) is 11.3 Å². The number of aryl methyl sites for hydroxylation is 2. The van der Waals surface area contributed by atoms with Crippen LogP contribution in [0.1, 0.15) is 59.9 Å². The fraction of sp³-hybridized carbons (Fsp3) is 0.600. The molecule has 2 aromatic heterocycles. The average molecular weight is 468 g/mol. The second-order valence-electron chi connectivity index (χ2n) is 8.52. The van der Waals surface area contributed by atoms with E-state index in [1.165, 1.54) is 0 Å². The second-order valence-corrected chi connectivity index (χ2v) is 11.5. The molecule has 2 aromatic rings. The quantitative estimate of drug-likeness (QED) is 0.385. The van der Waals surface area contributed by atoms with Gasteiger partial charge in [0, 0.05) is 30.1 Å². The van der Waals surface area contributed by atoms with E-state index in [0.29, 0.717) is 10.7 Å². The van der Waals surface area contributed by atoms with E-state index in [4.69, 9.17) is 10.1 Å². The zero-order valence-electron chi connectivity index (χ0n) is 17.7. The van der Waals surface area contributed by atoms with E-state index >= 15 is 0 Å². The number of hydrogen-bond donors (Lipinski definition) is 5. The first-order valence-electron chi connectivity index (χ1n) is 10.5. The first-order chi connectivity index (χ1) is 14.6. The smallest absolute Gasteiger partial charge is 0.233 e. The summed E-state index contributed by atoms with van der Waals surface area (Å²) in [6.07, 6.45) is 4.29. The number of nitrogens with one attached hydrogen (secondary N) is 1. The summed E-state index contributed by atoms with van der Waals surface area (Å²) in [5, 5.41) is 39.7. The summed E-state index contributed by atoms with van der Waals surface area (Å²) in [6.45, 7) is 2.91. The van der Waals surface area contributed by atoms with Crippen LogP contribution < -0.4 is 10.5 Å². The number of hydrogen-bond acceptors (Lipinski definition) is 9. The van der Waals surface area contributed by atoms with Crippen LogP contribution in [0.15, 0.2) is 8.57 Å². The molecule has 11 heteroatoms. The number of rotatable bonds is 7. The van der Waals surface area contributed by atoms with Crippen molar-refractivity contribution in [1.82, 2.24) is 9.97 Å². The Kier molecular flexibility index (Phi) is 6.10. The van der Waals surface area contributed by atoms with Gasteiger partial charge < -0.3 is 20.6 Å². The summed E-state index contributed by atoms with van der Waals surface area (Å²) in [6, 6.07) is 0. The predicted molar refractivity (Wildman–Crippen MR) is 119 cm³/mol. The van der Waals surface area contributed by atoms with Crippen LogP contribution in [-0.4, -0.2) is 42.5 Å². The van der Waals surface area contributed by atoms with Gasteiger partial charge in [-0.3, -0.25) is 4.98 Å². The van der Waals surface area contributed by atoms with Gasteiger partial charge in [0.2, 0.25) is 6.35 Å². The standard InChI is InChI=1S/C20H29N5O4S2/c1-20(2,28)18-23-15(9-10-26)17(30-18)31(21,29)25-19(27)24-16-11-5-3-7-13(11)22-14-8-4-6-12(14)16/h19,26-28H,3-10H2,1-2H3,(H,22,24)(H2,21,25,29).